The van der Waals surface area contributed by atoms with Crippen molar-refractivity contribution in [3.63, 3.8) is 0 Å². The van der Waals surface area contributed by atoms with E-state index in [0.717, 1.165) is 5.56 Å². The van der Waals surface area contributed by atoms with Crippen LogP contribution < -0.4 is 9.47 Å². The first-order valence-electron chi connectivity index (χ1n) is 7.76. The summed E-state index contributed by atoms with van der Waals surface area (Å²) in [6, 6.07) is 10.8. The Morgan fingerprint density at radius 3 is 2.67 bits per heavy atom. The van der Waals surface area contributed by atoms with Crippen molar-refractivity contribution in [1.82, 2.24) is 4.90 Å². The molecule has 4 rings (SSSR count). The van der Waals surface area contributed by atoms with E-state index in [1.54, 1.807) is 35.2 Å². The molecule has 2 atom stereocenters. The van der Waals surface area contributed by atoms with E-state index in [1.807, 2.05) is 0 Å². The van der Waals surface area contributed by atoms with Crippen molar-refractivity contribution in [2.45, 2.75) is 18.6 Å². The highest BCUT2D eigenvalue weighted by atomic mass is 19.1. The van der Waals surface area contributed by atoms with Gasteiger partial charge in [0, 0.05) is 12.1 Å². The van der Waals surface area contributed by atoms with Crippen LogP contribution in [0.4, 0.5) is 4.39 Å². The third-order valence-electron chi connectivity index (χ3n) is 4.41. The van der Waals surface area contributed by atoms with Gasteiger partial charge < -0.3 is 19.5 Å². The van der Waals surface area contributed by atoms with Gasteiger partial charge in [0.05, 0.1) is 12.1 Å². The van der Waals surface area contributed by atoms with E-state index in [1.165, 1.54) is 12.1 Å². The minimum Gasteiger partial charge on any atom is -0.454 e. The number of amides is 1. The lowest BCUT2D eigenvalue weighted by Gasteiger charge is -2.25. The lowest BCUT2D eigenvalue weighted by atomic mass is 10.0. The van der Waals surface area contributed by atoms with Gasteiger partial charge in [-0.15, -0.1) is 0 Å². The first-order valence-corrected chi connectivity index (χ1v) is 7.76. The largest absolute Gasteiger partial charge is 0.454 e. The summed E-state index contributed by atoms with van der Waals surface area (Å²) < 4.78 is 23.7. The highest BCUT2D eigenvalue weighted by Gasteiger charge is 2.36. The second-order valence-corrected chi connectivity index (χ2v) is 5.98. The van der Waals surface area contributed by atoms with Crippen molar-refractivity contribution in [3.05, 3.63) is 59.4 Å². The number of hydrogen-bond acceptors (Lipinski definition) is 4. The molecule has 124 valence electrons. The summed E-state index contributed by atoms with van der Waals surface area (Å²) in [7, 11) is 0. The van der Waals surface area contributed by atoms with E-state index in [4.69, 9.17) is 9.47 Å². The Bertz CT molecular complexity index is 777. The Hall–Kier alpha value is -2.60. The summed E-state index contributed by atoms with van der Waals surface area (Å²) in [6.07, 6.45) is -0.167. The van der Waals surface area contributed by atoms with Crippen molar-refractivity contribution in [2.24, 2.45) is 0 Å². The maximum absolute atomic E-state index is 13.1. The Morgan fingerprint density at radius 1 is 1.12 bits per heavy atom. The van der Waals surface area contributed by atoms with Gasteiger partial charge in [-0.05, 0) is 42.3 Å². The topological polar surface area (TPSA) is 59.0 Å². The Morgan fingerprint density at radius 2 is 1.88 bits per heavy atom. The summed E-state index contributed by atoms with van der Waals surface area (Å²) in [5, 5.41) is 10.0. The average molecular weight is 329 g/mol. The van der Waals surface area contributed by atoms with Crippen LogP contribution in [0.2, 0.25) is 0 Å². The van der Waals surface area contributed by atoms with E-state index in [9.17, 15) is 14.3 Å². The Labute approximate surface area is 138 Å². The quantitative estimate of drug-likeness (QED) is 0.920. The first-order chi connectivity index (χ1) is 11.6. The van der Waals surface area contributed by atoms with Gasteiger partial charge in [0.1, 0.15) is 5.82 Å². The molecule has 2 heterocycles. The maximum atomic E-state index is 13.1. The molecular formula is C18H16FNO4. The molecule has 2 aliphatic heterocycles. The van der Waals surface area contributed by atoms with Crippen LogP contribution in [0.3, 0.4) is 0 Å². The van der Waals surface area contributed by atoms with Crippen LogP contribution in [0.5, 0.6) is 11.5 Å². The van der Waals surface area contributed by atoms with Gasteiger partial charge in [0.2, 0.25) is 6.79 Å². The molecule has 5 nitrogen and oxygen atoms in total. The molecule has 0 radical (unpaired) electrons. The highest BCUT2D eigenvalue weighted by Crippen LogP contribution is 2.36. The number of aliphatic hydroxyl groups is 1. The fourth-order valence-corrected chi connectivity index (χ4v) is 3.23. The zero-order valence-corrected chi connectivity index (χ0v) is 12.8. The summed E-state index contributed by atoms with van der Waals surface area (Å²) in [5.74, 6) is 0.632. The lowest BCUT2D eigenvalue weighted by Crippen LogP contribution is -2.31. The third-order valence-corrected chi connectivity index (χ3v) is 4.41. The number of fused-ring (bicyclic) bond motifs is 1. The maximum Gasteiger partial charge on any atom is 0.254 e. The number of aliphatic hydroxyl groups excluding tert-OH is 1. The third kappa shape index (κ3) is 2.59. The monoisotopic (exact) mass is 329 g/mol. The number of carbonyl (C=O) groups excluding carboxylic acids is 1. The highest BCUT2D eigenvalue weighted by molar-refractivity contribution is 5.95. The van der Waals surface area contributed by atoms with Gasteiger partial charge in [0.15, 0.2) is 11.5 Å². The molecule has 2 aromatic carbocycles. The number of carbonyl (C=O) groups is 1. The van der Waals surface area contributed by atoms with Crippen molar-refractivity contribution in [2.75, 3.05) is 13.3 Å². The average Bonchev–Trinajstić information content (AvgIpc) is 3.20. The second kappa shape index (κ2) is 5.79. The number of rotatable bonds is 2. The van der Waals surface area contributed by atoms with Crippen molar-refractivity contribution in [3.8, 4) is 11.5 Å². The van der Waals surface area contributed by atoms with E-state index < -0.39 is 6.10 Å². The molecule has 1 N–H and O–H groups in total. The number of benzene rings is 2. The number of nitrogens with zero attached hydrogens (tertiary/aromatic N) is 1. The molecule has 6 heteroatoms. The van der Waals surface area contributed by atoms with Gasteiger partial charge in [-0.2, -0.15) is 0 Å². The van der Waals surface area contributed by atoms with Gasteiger partial charge in [0.25, 0.3) is 5.91 Å². The van der Waals surface area contributed by atoms with Crippen LogP contribution in [0, 0.1) is 5.82 Å². The zero-order chi connectivity index (χ0) is 16.7. The van der Waals surface area contributed by atoms with E-state index in [0.29, 0.717) is 23.5 Å². The fourth-order valence-electron chi connectivity index (χ4n) is 3.23. The molecule has 0 unspecified atom stereocenters. The number of hydrogen-bond donors (Lipinski definition) is 1. The van der Waals surface area contributed by atoms with Gasteiger partial charge in [-0.1, -0.05) is 12.1 Å². The number of halogens is 1. The summed E-state index contributed by atoms with van der Waals surface area (Å²) in [5.41, 5.74) is 1.28. The number of ether oxygens (including phenoxy) is 2. The SMILES string of the molecule is O=C(c1ccc2c(c1)OCO2)N1C[C@@H](O)C[C@H]1c1ccc(F)cc1. The molecule has 2 aliphatic rings. The van der Waals surface area contributed by atoms with Crippen LogP contribution in [0.1, 0.15) is 28.4 Å². The molecule has 24 heavy (non-hydrogen) atoms. The summed E-state index contributed by atoms with van der Waals surface area (Å²) in [4.78, 5) is 14.5. The Balaban J connectivity index is 1.63. The fraction of sp³-hybridized carbons (Fsp3) is 0.278. The predicted molar refractivity (Wildman–Crippen MR) is 83.4 cm³/mol. The zero-order valence-electron chi connectivity index (χ0n) is 12.8. The standard InChI is InChI=1S/C18H16FNO4/c19-13-4-1-11(2-5-13)15-8-14(21)9-20(15)18(22)12-3-6-16-17(7-12)24-10-23-16/h1-7,14-15,21H,8-10H2/t14-,15-/m0/s1. The van der Waals surface area contributed by atoms with Crippen LogP contribution in [0.25, 0.3) is 0 Å². The van der Waals surface area contributed by atoms with Crippen LogP contribution in [-0.2, 0) is 0 Å². The normalized spacial score (nSPS) is 22.0. The minimum absolute atomic E-state index is 0.146. The molecule has 2 aromatic rings. The molecule has 0 spiro atoms. The van der Waals surface area contributed by atoms with Crippen LogP contribution in [-0.4, -0.2) is 35.4 Å². The molecular weight excluding hydrogens is 313 g/mol. The first kappa shape index (κ1) is 15.0. The van der Waals surface area contributed by atoms with Crippen LogP contribution >= 0.6 is 0 Å². The van der Waals surface area contributed by atoms with Crippen molar-refractivity contribution in [1.29, 1.82) is 0 Å². The number of β-amino-alcohol motifs (C(OH)–C–C–N with tert-alkyl or cyclic N) is 1. The van der Waals surface area contributed by atoms with E-state index >= 15 is 0 Å². The number of likely N-dealkylation sites (tertiary alicyclic amines) is 1. The summed E-state index contributed by atoms with van der Waals surface area (Å²) >= 11 is 0. The lowest BCUT2D eigenvalue weighted by molar-refractivity contribution is 0.0715. The van der Waals surface area contributed by atoms with Gasteiger partial charge in [-0.3, -0.25) is 4.79 Å². The molecule has 1 saturated heterocycles. The molecule has 1 amide bonds. The molecule has 1 fully saturated rings. The Kier molecular flexibility index (Phi) is 3.61. The van der Waals surface area contributed by atoms with Crippen LogP contribution in [0.15, 0.2) is 42.5 Å². The molecule has 0 aromatic heterocycles. The summed E-state index contributed by atoms with van der Waals surface area (Å²) in [6.45, 7) is 0.392. The predicted octanol–water partition coefficient (Wildman–Crippen LogP) is 2.50. The van der Waals surface area contributed by atoms with Gasteiger partial charge in [-0.25, -0.2) is 4.39 Å². The van der Waals surface area contributed by atoms with E-state index in [2.05, 4.69) is 0 Å². The van der Waals surface area contributed by atoms with Crippen molar-refractivity contribution < 1.29 is 23.8 Å². The second-order valence-electron chi connectivity index (χ2n) is 5.98. The molecule has 0 bridgehead atoms. The van der Waals surface area contributed by atoms with Crippen molar-refractivity contribution >= 4 is 5.91 Å². The van der Waals surface area contributed by atoms with E-state index in [-0.39, 0.29) is 31.1 Å². The smallest absolute Gasteiger partial charge is 0.254 e. The molecule has 0 aliphatic carbocycles. The minimum atomic E-state index is -0.599. The molecule has 0 saturated carbocycles. The van der Waals surface area contributed by atoms with Gasteiger partial charge >= 0.3 is 0 Å².